The molecule has 1 aromatic carbocycles. The lowest BCUT2D eigenvalue weighted by Crippen LogP contribution is -2.04. The molecule has 108 valence electrons. The summed E-state index contributed by atoms with van der Waals surface area (Å²) in [6.45, 7) is 6.72. The molecule has 3 heteroatoms. The number of rotatable bonds is 5. The predicted octanol–water partition coefficient (Wildman–Crippen LogP) is 4.22. The molecule has 1 unspecified atom stereocenters. The standard InChI is InChI=1S/C17H22O3/c1-10(2)16(18)17-14-7-6-13(19-9-12-4-5-12)8-15(14)11(3)20-17/h6-8,10,12,16,18H,4-5,9H2,1-3H3. The molecule has 1 atom stereocenters. The lowest BCUT2D eigenvalue weighted by molar-refractivity contribution is 0.103. The topological polar surface area (TPSA) is 42.6 Å². The van der Waals surface area contributed by atoms with Crippen molar-refractivity contribution in [3.63, 3.8) is 0 Å². The van der Waals surface area contributed by atoms with Crippen LogP contribution >= 0.6 is 0 Å². The zero-order valence-electron chi connectivity index (χ0n) is 12.3. The van der Waals surface area contributed by atoms with E-state index >= 15 is 0 Å². The number of aliphatic hydroxyl groups is 1. The van der Waals surface area contributed by atoms with Crippen molar-refractivity contribution in [1.29, 1.82) is 0 Å². The Bertz CT molecular complexity index is 608. The minimum atomic E-state index is -0.565. The Hall–Kier alpha value is -1.48. The summed E-state index contributed by atoms with van der Waals surface area (Å²) >= 11 is 0. The van der Waals surface area contributed by atoms with Gasteiger partial charge in [0.05, 0.1) is 6.61 Å². The molecule has 0 bridgehead atoms. The van der Waals surface area contributed by atoms with Gasteiger partial charge in [-0.15, -0.1) is 0 Å². The monoisotopic (exact) mass is 274 g/mol. The minimum absolute atomic E-state index is 0.134. The third kappa shape index (κ3) is 2.55. The van der Waals surface area contributed by atoms with Crippen molar-refractivity contribution in [1.82, 2.24) is 0 Å². The first-order valence-electron chi connectivity index (χ1n) is 7.40. The highest BCUT2D eigenvalue weighted by Gasteiger charge is 2.23. The summed E-state index contributed by atoms with van der Waals surface area (Å²) in [4.78, 5) is 0. The molecule has 0 radical (unpaired) electrons. The molecule has 1 fully saturated rings. The summed E-state index contributed by atoms with van der Waals surface area (Å²) < 4.78 is 11.6. The molecule has 1 saturated carbocycles. The molecule has 1 aromatic heterocycles. The van der Waals surface area contributed by atoms with Crippen molar-refractivity contribution >= 4 is 10.8 Å². The van der Waals surface area contributed by atoms with E-state index in [0.29, 0.717) is 5.76 Å². The van der Waals surface area contributed by atoms with Crippen LogP contribution in [-0.4, -0.2) is 11.7 Å². The van der Waals surface area contributed by atoms with Gasteiger partial charge in [0.2, 0.25) is 0 Å². The number of fused-ring (bicyclic) bond motifs is 1. The van der Waals surface area contributed by atoms with Crippen molar-refractivity contribution in [2.75, 3.05) is 6.61 Å². The van der Waals surface area contributed by atoms with Crippen LogP contribution < -0.4 is 4.74 Å². The van der Waals surface area contributed by atoms with Gasteiger partial charge in [0.15, 0.2) is 0 Å². The molecule has 0 aliphatic heterocycles. The molecule has 0 amide bonds. The van der Waals surface area contributed by atoms with Gasteiger partial charge in [-0.2, -0.15) is 0 Å². The van der Waals surface area contributed by atoms with E-state index in [1.165, 1.54) is 12.8 Å². The second-order valence-corrected chi connectivity index (χ2v) is 6.17. The minimum Gasteiger partial charge on any atom is -0.493 e. The van der Waals surface area contributed by atoms with Gasteiger partial charge in [-0.05, 0) is 49.8 Å². The van der Waals surface area contributed by atoms with E-state index in [2.05, 4.69) is 0 Å². The molecule has 1 heterocycles. The van der Waals surface area contributed by atoms with Crippen molar-refractivity contribution < 1.29 is 14.3 Å². The smallest absolute Gasteiger partial charge is 0.140 e. The summed E-state index contributed by atoms with van der Waals surface area (Å²) in [5.41, 5.74) is 0. The van der Waals surface area contributed by atoms with Crippen LogP contribution in [-0.2, 0) is 0 Å². The van der Waals surface area contributed by atoms with Gasteiger partial charge in [0.25, 0.3) is 0 Å². The zero-order chi connectivity index (χ0) is 14.3. The molecule has 1 N–H and O–H groups in total. The average molecular weight is 274 g/mol. The quantitative estimate of drug-likeness (QED) is 0.887. The second kappa shape index (κ2) is 5.13. The van der Waals surface area contributed by atoms with E-state index in [-0.39, 0.29) is 5.92 Å². The van der Waals surface area contributed by atoms with Crippen LogP contribution in [0.15, 0.2) is 22.6 Å². The Kier molecular flexibility index (Phi) is 3.47. The first-order valence-corrected chi connectivity index (χ1v) is 7.40. The molecular weight excluding hydrogens is 252 g/mol. The predicted molar refractivity (Wildman–Crippen MR) is 79.0 cm³/mol. The number of hydrogen-bond donors (Lipinski definition) is 1. The Balaban J connectivity index is 1.91. The second-order valence-electron chi connectivity index (χ2n) is 6.17. The first kappa shape index (κ1) is 13.5. The number of benzene rings is 1. The largest absolute Gasteiger partial charge is 0.493 e. The molecular formula is C17H22O3. The maximum absolute atomic E-state index is 10.2. The van der Waals surface area contributed by atoms with Crippen molar-refractivity contribution in [2.45, 2.75) is 39.7 Å². The van der Waals surface area contributed by atoms with E-state index in [0.717, 1.165) is 34.8 Å². The van der Waals surface area contributed by atoms with Gasteiger partial charge < -0.3 is 14.3 Å². The van der Waals surface area contributed by atoms with Crippen molar-refractivity contribution in [3.8, 4) is 5.75 Å². The summed E-state index contributed by atoms with van der Waals surface area (Å²) in [7, 11) is 0. The highest BCUT2D eigenvalue weighted by atomic mass is 16.5. The fourth-order valence-corrected chi connectivity index (χ4v) is 2.42. The van der Waals surface area contributed by atoms with Crippen molar-refractivity contribution in [2.24, 2.45) is 11.8 Å². The maximum Gasteiger partial charge on any atom is 0.140 e. The summed E-state index contributed by atoms with van der Waals surface area (Å²) in [5, 5.41) is 12.3. The highest BCUT2D eigenvalue weighted by Crippen LogP contribution is 2.36. The maximum atomic E-state index is 10.2. The zero-order valence-corrected chi connectivity index (χ0v) is 12.3. The number of furan rings is 1. The average Bonchev–Trinajstić information content (AvgIpc) is 3.20. The molecule has 1 aliphatic carbocycles. The fourth-order valence-electron chi connectivity index (χ4n) is 2.42. The van der Waals surface area contributed by atoms with E-state index in [9.17, 15) is 5.11 Å². The molecule has 0 spiro atoms. The van der Waals surface area contributed by atoms with E-state index in [1.54, 1.807) is 0 Å². The van der Waals surface area contributed by atoms with Crippen LogP contribution in [0, 0.1) is 18.8 Å². The lowest BCUT2D eigenvalue weighted by atomic mass is 10.0. The van der Waals surface area contributed by atoms with Crippen molar-refractivity contribution in [3.05, 3.63) is 29.7 Å². The number of hydrogen-bond acceptors (Lipinski definition) is 3. The van der Waals surface area contributed by atoms with Gasteiger partial charge in [-0.3, -0.25) is 0 Å². The third-order valence-corrected chi connectivity index (χ3v) is 3.98. The SMILES string of the molecule is Cc1oc(C(O)C(C)C)c2ccc(OCC3CC3)cc12. The third-order valence-electron chi connectivity index (χ3n) is 3.98. The normalized spacial score (nSPS) is 16.9. The van der Waals surface area contributed by atoms with Gasteiger partial charge in [-0.25, -0.2) is 0 Å². The van der Waals surface area contributed by atoms with Crippen LogP contribution in [0.5, 0.6) is 5.75 Å². The van der Waals surface area contributed by atoms with Gasteiger partial charge >= 0.3 is 0 Å². The van der Waals surface area contributed by atoms with E-state index in [1.807, 2.05) is 39.0 Å². The highest BCUT2D eigenvalue weighted by molar-refractivity contribution is 5.88. The van der Waals surface area contributed by atoms with Crippen LogP contribution in [0.3, 0.4) is 0 Å². The van der Waals surface area contributed by atoms with Crippen LogP contribution in [0.25, 0.3) is 10.8 Å². The summed E-state index contributed by atoms with van der Waals surface area (Å²) in [6, 6.07) is 5.98. The Morgan fingerprint density at radius 1 is 1.30 bits per heavy atom. The summed E-state index contributed by atoms with van der Waals surface area (Å²) in [5.74, 6) is 3.27. The first-order chi connectivity index (χ1) is 9.56. The Morgan fingerprint density at radius 2 is 2.05 bits per heavy atom. The molecule has 1 aliphatic rings. The molecule has 0 saturated heterocycles. The Labute approximate surface area is 119 Å². The van der Waals surface area contributed by atoms with Gasteiger partial charge in [0, 0.05) is 10.8 Å². The van der Waals surface area contributed by atoms with Gasteiger partial charge in [-0.1, -0.05) is 13.8 Å². The number of ether oxygens (including phenoxy) is 1. The Morgan fingerprint density at radius 3 is 2.70 bits per heavy atom. The van der Waals surface area contributed by atoms with Gasteiger partial charge in [0.1, 0.15) is 23.4 Å². The molecule has 3 nitrogen and oxygen atoms in total. The fraction of sp³-hybridized carbons (Fsp3) is 0.529. The van der Waals surface area contributed by atoms with E-state index < -0.39 is 6.10 Å². The molecule has 2 aromatic rings. The lowest BCUT2D eigenvalue weighted by Gasteiger charge is -2.12. The molecule has 3 rings (SSSR count). The van der Waals surface area contributed by atoms with Crippen LogP contribution in [0.2, 0.25) is 0 Å². The molecule has 20 heavy (non-hydrogen) atoms. The van der Waals surface area contributed by atoms with Crippen LogP contribution in [0.1, 0.15) is 44.3 Å². The number of aryl methyl sites for hydroxylation is 1. The van der Waals surface area contributed by atoms with Crippen LogP contribution in [0.4, 0.5) is 0 Å². The summed E-state index contributed by atoms with van der Waals surface area (Å²) in [6.07, 6.45) is 2.01. The van der Waals surface area contributed by atoms with E-state index in [4.69, 9.17) is 9.15 Å². The number of aliphatic hydroxyl groups excluding tert-OH is 1.